The first-order valence-corrected chi connectivity index (χ1v) is 9.62. The van der Waals surface area contributed by atoms with E-state index in [1.54, 1.807) is 0 Å². The Hall–Kier alpha value is -2.33. The van der Waals surface area contributed by atoms with Crippen LogP contribution in [-0.4, -0.2) is 25.6 Å². The Morgan fingerprint density at radius 3 is 2.62 bits per heavy atom. The van der Waals surface area contributed by atoms with E-state index in [4.69, 9.17) is 4.74 Å². The summed E-state index contributed by atoms with van der Waals surface area (Å²) in [5.74, 6) is -0.0581. The van der Waals surface area contributed by atoms with E-state index in [1.165, 1.54) is 30.5 Å². The van der Waals surface area contributed by atoms with Gasteiger partial charge in [0.25, 0.3) is 5.91 Å². The molecule has 136 valence electrons. The van der Waals surface area contributed by atoms with Crippen LogP contribution in [0.3, 0.4) is 0 Å². The summed E-state index contributed by atoms with van der Waals surface area (Å²) >= 11 is 0. The van der Waals surface area contributed by atoms with Crippen molar-refractivity contribution in [3.05, 3.63) is 65.2 Å². The monoisotopic (exact) mass is 350 g/mol. The quantitative estimate of drug-likeness (QED) is 0.916. The molecule has 0 radical (unpaired) electrons. The highest BCUT2D eigenvalue weighted by Crippen LogP contribution is 2.27. The number of fused-ring (bicyclic) bond motifs is 1. The second-order valence-corrected chi connectivity index (χ2v) is 7.13. The number of anilines is 1. The number of hydrogen-bond acceptors (Lipinski definition) is 3. The lowest BCUT2D eigenvalue weighted by atomic mass is 9.97. The number of nitrogens with zero attached hydrogens (tertiary/aromatic N) is 1. The molecule has 0 aliphatic carbocycles. The highest BCUT2D eigenvalue weighted by molar-refractivity contribution is 5.82. The van der Waals surface area contributed by atoms with Crippen molar-refractivity contribution in [2.24, 2.45) is 0 Å². The van der Waals surface area contributed by atoms with Gasteiger partial charge in [-0.2, -0.15) is 0 Å². The zero-order valence-electron chi connectivity index (χ0n) is 15.1. The minimum Gasteiger partial charge on any atom is -0.372 e. The Bertz CT molecular complexity index is 751. The number of rotatable bonds is 4. The molecular formula is C22H26N2O2. The van der Waals surface area contributed by atoms with E-state index in [0.717, 1.165) is 30.6 Å². The molecule has 26 heavy (non-hydrogen) atoms. The first kappa shape index (κ1) is 17.1. The molecule has 1 unspecified atom stereocenters. The third-order valence-electron chi connectivity index (χ3n) is 5.36. The summed E-state index contributed by atoms with van der Waals surface area (Å²) in [5.41, 5.74) is 4.61. The van der Waals surface area contributed by atoms with Crippen molar-refractivity contribution in [2.45, 2.75) is 38.3 Å². The topological polar surface area (TPSA) is 41.6 Å². The van der Waals surface area contributed by atoms with Crippen molar-refractivity contribution < 1.29 is 9.53 Å². The van der Waals surface area contributed by atoms with Crippen LogP contribution in [0.4, 0.5) is 5.69 Å². The zero-order chi connectivity index (χ0) is 17.8. The number of ether oxygens (including phenoxy) is 1. The van der Waals surface area contributed by atoms with Crippen LogP contribution in [0.15, 0.2) is 48.5 Å². The van der Waals surface area contributed by atoms with Crippen LogP contribution in [0, 0.1) is 0 Å². The van der Waals surface area contributed by atoms with Gasteiger partial charge in [0.1, 0.15) is 0 Å². The maximum absolute atomic E-state index is 12.6. The molecule has 1 atom stereocenters. The van der Waals surface area contributed by atoms with E-state index < -0.39 is 6.10 Å². The average molecular weight is 350 g/mol. The SMILES string of the molecule is O=C(NCc1ccc(N2CCCCC2)cc1)C1OCCc2ccccc21. The lowest BCUT2D eigenvalue weighted by Crippen LogP contribution is -2.33. The summed E-state index contributed by atoms with van der Waals surface area (Å²) in [7, 11) is 0. The molecule has 1 saturated heterocycles. The van der Waals surface area contributed by atoms with Crippen LogP contribution < -0.4 is 10.2 Å². The highest BCUT2D eigenvalue weighted by Gasteiger charge is 2.26. The fourth-order valence-electron chi connectivity index (χ4n) is 3.87. The van der Waals surface area contributed by atoms with Crippen LogP contribution in [0.1, 0.15) is 42.1 Å². The molecule has 2 aromatic carbocycles. The molecule has 4 heteroatoms. The lowest BCUT2D eigenvalue weighted by Gasteiger charge is -2.29. The first-order chi connectivity index (χ1) is 12.8. The molecule has 4 nitrogen and oxygen atoms in total. The number of carbonyl (C=O) groups excluding carboxylic acids is 1. The highest BCUT2D eigenvalue weighted by atomic mass is 16.5. The Labute approximate surface area is 155 Å². The van der Waals surface area contributed by atoms with Crippen molar-refractivity contribution >= 4 is 11.6 Å². The summed E-state index contributed by atoms with van der Waals surface area (Å²) in [6.07, 6.45) is 4.28. The lowest BCUT2D eigenvalue weighted by molar-refractivity contribution is -0.134. The summed E-state index contributed by atoms with van der Waals surface area (Å²) in [5, 5.41) is 3.03. The molecule has 0 aromatic heterocycles. The Kier molecular flexibility index (Phi) is 5.21. The van der Waals surface area contributed by atoms with Gasteiger partial charge in [-0.05, 0) is 54.5 Å². The van der Waals surface area contributed by atoms with Crippen LogP contribution in [0.2, 0.25) is 0 Å². The maximum Gasteiger partial charge on any atom is 0.254 e. The van der Waals surface area contributed by atoms with Crippen molar-refractivity contribution in [3.63, 3.8) is 0 Å². The first-order valence-electron chi connectivity index (χ1n) is 9.62. The standard InChI is InChI=1S/C22H26N2O2/c25-22(21-20-7-3-2-6-18(20)12-15-26-21)23-16-17-8-10-19(11-9-17)24-13-4-1-5-14-24/h2-3,6-11,21H,1,4-5,12-16H2,(H,23,25). The zero-order valence-corrected chi connectivity index (χ0v) is 15.1. The summed E-state index contributed by atoms with van der Waals surface area (Å²) in [4.78, 5) is 15.0. The van der Waals surface area contributed by atoms with E-state index in [2.05, 4.69) is 40.5 Å². The van der Waals surface area contributed by atoms with Gasteiger partial charge >= 0.3 is 0 Å². The molecule has 1 amide bonds. The van der Waals surface area contributed by atoms with Gasteiger partial charge in [-0.3, -0.25) is 4.79 Å². The molecule has 0 saturated carbocycles. The summed E-state index contributed by atoms with van der Waals surface area (Å²) in [6, 6.07) is 16.6. The number of nitrogens with one attached hydrogen (secondary N) is 1. The Morgan fingerprint density at radius 1 is 1.04 bits per heavy atom. The van der Waals surface area contributed by atoms with Gasteiger partial charge in [0, 0.05) is 25.3 Å². The van der Waals surface area contributed by atoms with E-state index in [0.29, 0.717) is 13.2 Å². The fourth-order valence-corrected chi connectivity index (χ4v) is 3.87. The van der Waals surface area contributed by atoms with Crippen LogP contribution in [0.5, 0.6) is 0 Å². The molecular weight excluding hydrogens is 324 g/mol. The maximum atomic E-state index is 12.6. The summed E-state index contributed by atoms with van der Waals surface area (Å²) < 4.78 is 5.73. The third kappa shape index (κ3) is 3.75. The number of piperidine rings is 1. The van der Waals surface area contributed by atoms with Gasteiger partial charge < -0.3 is 15.0 Å². The normalized spacial score (nSPS) is 19.7. The predicted octanol–water partition coefficient (Wildman–Crippen LogP) is 3.61. The van der Waals surface area contributed by atoms with E-state index in [-0.39, 0.29) is 5.91 Å². The van der Waals surface area contributed by atoms with Crippen LogP contribution in [-0.2, 0) is 22.5 Å². The van der Waals surface area contributed by atoms with E-state index in [9.17, 15) is 4.79 Å². The number of benzene rings is 2. The van der Waals surface area contributed by atoms with Gasteiger partial charge in [0.05, 0.1) is 6.61 Å². The van der Waals surface area contributed by atoms with Crippen molar-refractivity contribution in [1.29, 1.82) is 0 Å². The largest absolute Gasteiger partial charge is 0.372 e. The molecule has 1 fully saturated rings. The van der Waals surface area contributed by atoms with Gasteiger partial charge in [0.2, 0.25) is 0 Å². The molecule has 0 spiro atoms. The van der Waals surface area contributed by atoms with Gasteiger partial charge in [-0.1, -0.05) is 36.4 Å². The van der Waals surface area contributed by atoms with E-state index >= 15 is 0 Å². The summed E-state index contributed by atoms with van der Waals surface area (Å²) in [6.45, 7) is 3.42. The van der Waals surface area contributed by atoms with Gasteiger partial charge in [-0.15, -0.1) is 0 Å². The molecule has 1 N–H and O–H groups in total. The number of hydrogen-bond donors (Lipinski definition) is 1. The van der Waals surface area contributed by atoms with Gasteiger partial charge in [-0.25, -0.2) is 0 Å². The number of carbonyl (C=O) groups is 1. The molecule has 2 heterocycles. The van der Waals surface area contributed by atoms with Crippen molar-refractivity contribution in [2.75, 3.05) is 24.6 Å². The third-order valence-corrected chi connectivity index (χ3v) is 5.36. The fraction of sp³-hybridized carbons (Fsp3) is 0.409. The number of amides is 1. The smallest absolute Gasteiger partial charge is 0.254 e. The van der Waals surface area contributed by atoms with Gasteiger partial charge in [0.15, 0.2) is 6.10 Å². The Balaban J connectivity index is 1.36. The van der Waals surface area contributed by atoms with E-state index in [1.807, 2.05) is 18.2 Å². The minimum atomic E-state index is -0.493. The second-order valence-electron chi connectivity index (χ2n) is 7.13. The Morgan fingerprint density at radius 2 is 1.81 bits per heavy atom. The minimum absolute atomic E-state index is 0.0581. The molecule has 4 rings (SSSR count). The second kappa shape index (κ2) is 7.92. The molecule has 2 aromatic rings. The molecule has 0 bridgehead atoms. The van der Waals surface area contributed by atoms with Crippen molar-refractivity contribution in [3.8, 4) is 0 Å². The molecule has 2 aliphatic heterocycles. The predicted molar refractivity (Wildman–Crippen MR) is 103 cm³/mol. The van der Waals surface area contributed by atoms with Crippen LogP contribution in [0.25, 0.3) is 0 Å². The van der Waals surface area contributed by atoms with Crippen molar-refractivity contribution in [1.82, 2.24) is 5.32 Å². The van der Waals surface area contributed by atoms with Crippen LogP contribution >= 0.6 is 0 Å². The average Bonchev–Trinajstić information content (AvgIpc) is 2.72. The molecule has 2 aliphatic rings.